The van der Waals surface area contributed by atoms with Gasteiger partial charge in [-0.25, -0.2) is 15.0 Å². The van der Waals surface area contributed by atoms with Gasteiger partial charge in [0, 0.05) is 28.3 Å². The van der Waals surface area contributed by atoms with E-state index in [1.807, 2.05) is 30.3 Å². The first kappa shape index (κ1) is 30.0. The van der Waals surface area contributed by atoms with Crippen LogP contribution in [0.3, 0.4) is 0 Å². The maximum Gasteiger partial charge on any atom is 0.164 e. The van der Waals surface area contributed by atoms with E-state index in [1.165, 1.54) is 27.5 Å². The van der Waals surface area contributed by atoms with Crippen LogP contribution in [0, 0.1) is 0 Å². The molecule has 0 aliphatic rings. The highest BCUT2D eigenvalue weighted by Gasteiger charge is 2.18. The molecular weight excluding hydrogens is 635 g/mol. The van der Waals surface area contributed by atoms with E-state index in [2.05, 4.69) is 146 Å². The smallest absolute Gasteiger partial charge is 0.164 e. The fraction of sp³-hybridized carbons (Fsp3) is 0.0208. The molecule has 2 aromatic heterocycles. The van der Waals surface area contributed by atoms with Crippen LogP contribution in [0.15, 0.2) is 180 Å². The summed E-state index contributed by atoms with van der Waals surface area (Å²) < 4.78 is 6.42. The molecule has 10 aromatic rings. The Labute approximate surface area is 300 Å². The van der Waals surface area contributed by atoms with Gasteiger partial charge in [-0.1, -0.05) is 146 Å². The van der Waals surface area contributed by atoms with Gasteiger partial charge in [0.1, 0.15) is 17.0 Å². The van der Waals surface area contributed by atoms with Crippen molar-refractivity contribution in [1.29, 1.82) is 0 Å². The summed E-state index contributed by atoms with van der Waals surface area (Å²) in [5.41, 5.74) is 9.42. The van der Waals surface area contributed by atoms with Crippen molar-refractivity contribution >= 4 is 43.5 Å². The summed E-state index contributed by atoms with van der Waals surface area (Å²) in [5, 5.41) is 6.88. The van der Waals surface area contributed by atoms with E-state index in [0.29, 0.717) is 23.9 Å². The number of hydrogen-bond donors (Lipinski definition) is 0. The number of furan rings is 1. The minimum absolute atomic E-state index is 0.515. The largest absolute Gasteiger partial charge is 0.456 e. The predicted molar refractivity (Wildman–Crippen MR) is 213 cm³/mol. The average Bonchev–Trinajstić information content (AvgIpc) is 3.60. The molecular formula is C48H31N3O. The molecule has 4 heteroatoms. The molecule has 0 saturated heterocycles. The van der Waals surface area contributed by atoms with Gasteiger partial charge in [-0.15, -0.1) is 0 Å². The molecule has 0 N–H and O–H groups in total. The molecule has 0 unspecified atom stereocenters. The van der Waals surface area contributed by atoms with E-state index in [9.17, 15) is 0 Å². The molecule has 0 radical (unpaired) electrons. The Kier molecular flexibility index (Phi) is 7.17. The number of fused-ring (bicyclic) bond motifs is 5. The molecule has 8 aromatic carbocycles. The Hall–Kier alpha value is -6.91. The zero-order chi connectivity index (χ0) is 34.4. The zero-order valence-corrected chi connectivity index (χ0v) is 28.2. The van der Waals surface area contributed by atoms with Crippen molar-refractivity contribution in [1.82, 2.24) is 15.0 Å². The van der Waals surface area contributed by atoms with Crippen LogP contribution < -0.4 is 0 Å². The van der Waals surface area contributed by atoms with E-state index in [1.54, 1.807) is 0 Å². The van der Waals surface area contributed by atoms with Gasteiger partial charge < -0.3 is 4.42 Å². The Bertz CT molecular complexity index is 2930. The number of nitrogens with zero attached hydrogens (tertiary/aromatic N) is 3. The van der Waals surface area contributed by atoms with E-state index in [4.69, 9.17) is 19.4 Å². The maximum atomic E-state index is 6.42. The van der Waals surface area contributed by atoms with Crippen LogP contribution in [0.5, 0.6) is 0 Å². The number of rotatable bonds is 6. The minimum Gasteiger partial charge on any atom is -0.456 e. The zero-order valence-electron chi connectivity index (χ0n) is 28.2. The first-order valence-corrected chi connectivity index (χ1v) is 17.6. The Morgan fingerprint density at radius 1 is 0.385 bits per heavy atom. The van der Waals surface area contributed by atoms with Gasteiger partial charge in [0.15, 0.2) is 11.6 Å². The van der Waals surface area contributed by atoms with Crippen molar-refractivity contribution < 1.29 is 4.42 Å². The van der Waals surface area contributed by atoms with Crippen LogP contribution >= 0.6 is 0 Å². The lowest BCUT2D eigenvalue weighted by molar-refractivity contribution is 0.668. The first-order chi connectivity index (χ1) is 25.7. The van der Waals surface area contributed by atoms with Crippen molar-refractivity contribution in [2.24, 2.45) is 0 Å². The summed E-state index contributed by atoms with van der Waals surface area (Å²) in [4.78, 5) is 15.4. The van der Waals surface area contributed by atoms with Gasteiger partial charge in [0.2, 0.25) is 0 Å². The first-order valence-electron chi connectivity index (χ1n) is 17.6. The summed E-state index contributed by atoms with van der Waals surface area (Å²) in [7, 11) is 0. The molecule has 10 rings (SSSR count). The predicted octanol–water partition coefficient (Wildman–Crippen LogP) is 12.3. The molecule has 52 heavy (non-hydrogen) atoms. The van der Waals surface area contributed by atoms with E-state index in [0.717, 1.165) is 55.0 Å². The second-order valence-corrected chi connectivity index (χ2v) is 13.2. The van der Waals surface area contributed by atoms with Crippen molar-refractivity contribution in [3.8, 4) is 45.0 Å². The molecule has 0 aliphatic heterocycles. The Morgan fingerprint density at radius 2 is 1.04 bits per heavy atom. The quantitative estimate of drug-likeness (QED) is 0.177. The van der Waals surface area contributed by atoms with Crippen molar-refractivity contribution in [3.63, 3.8) is 0 Å². The summed E-state index contributed by atoms with van der Waals surface area (Å²) in [6.07, 6.45) is 0.515. The maximum absolute atomic E-state index is 6.42. The molecule has 4 nitrogen and oxygen atoms in total. The number of hydrogen-bond acceptors (Lipinski definition) is 4. The lowest BCUT2D eigenvalue weighted by atomic mass is 9.94. The van der Waals surface area contributed by atoms with Crippen molar-refractivity contribution in [3.05, 3.63) is 187 Å². The van der Waals surface area contributed by atoms with Crippen LogP contribution in [0.4, 0.5) is 0 Å². The van der Waals surface area contributed by atoms with Gasteiger partial charge in [0.05, 0.1) is 0 Å². The molecule has 0 saturated carbocycles. The highest BCUT2D eigenvalue weighted by molar-refractivity contribution is 6.08. The Balaban J connectivity index is 1.12. The number of aromatic nitrogens is 3. The highest BCUT2D eigenvalue weighted by atomic mass is 16.3. The monoisotopic (exact) mass is 665 g/mol. The summed E-state index contributed by atoms with van der Waals surface area (Å²) in [6.45, 7) is 0. The fourth-order valence-electron chi connectivity index (χ4n) is 7.47. The van der Waals surface area contributed by atoms with Crippen LogP contribution in [0.2, 0.25) is 0 Å². The van der Waals surface area contributed by atoms with E-state index < -0.39 is 0 Å². The third kappa shape index (κ3) is 5.29. The van der Waals surface area contributed by atoms with E-state index in [-0.39, 0.29) is 0 Å². The summed E-state index contributed by atoms with van der Waals surface area (Å²) in [5.74, 6) is 2.01. The third-order valence-electron chi connectivity index (χ3n) is 9.98. The molecule has 0 atom stereocenters. The minimum atomic E-state index is 0.515. The average molecular weight is 666 g/mol. The van der Waals surface area contributed by atoms with Crippen LogP contribution in [0.25, 0.3) is 88.5 Å². The van der Waals surface area contributed by atoms with Gasteiger partial charge in [-0.2, -0.15) is 0 Å². The van der Waals surface area contributed by atoms with Crippen LogP contribution in [-0.2, 0) is 6.42 Å². The highest BCUT2D eigenvalue weighted by Crippen LogP contribution is 2.38. The molecule has 2 heterocycles. The van der Waals surface area contributed by atoms with E-state index >= 15 is 0 Å². The summed E-state index contributed by atoms with van der Waals surface area (Å²) in [6, 6.07) is 61.4. The van der Waals surface area contributed by atoms with Gasteiger partial charge >= 0.3 is 0 Å². The second kappa shape index (κ2) is 12.4. The summed E-state index contributed by atoms with van der Waals surface area (Å²) >= 11 is 0. The van der Waals surface area contributed by atoms with Crippen molar-refractivity contribution in [2.45, 2.75) is 6.42 Å². The van der Waals surface area contributed by atoms with Crippen molar-refractivity contribution in [2.75, 3.05) is 0 Å². The molecule has 0 spiro atoms. The fourth-order valence-corrected chi connectivity index (χ4v) is 7.47. The second-order valence-electron chi connectivity index (χ2n) is 13.2. The third-order valence-corrected chi connectivity index (χ3v) is 9.98. The molecule has 0 fully saturated rings. The molecule has 0 aliphatic carbocycles. The lowest BCUT2D eigenvalue weighted by Gasteiger charge is -2.13. The number of benzene rings is 8. The Morgan fingerprint density at radius 3 is 1.87 bits per heavy atom. The van der Waals surface area contributed by atoms with Gasteiger partial charge in [-0.3, -0.25) is 0 Å². The van der Waals surface area contributed by atoms with Crippen LogP contribution in [0.1, 0.15) is 11.4 Å². The SMILES string of the molecule is c1ccc(-c2nc(Cc3cccc4oc5ccc(-c6ccc7ccccc7c6)cc5c34)nc(-c3ccc(-c4ccccc4)c4ccccc34)n2)cc1. The van der Waals surface area contributed by atoms with Crippen LogP contribution in [-0.4, -0.2) is 15.0 Å². The normalized spacial score (nSPS) is 11.5. The lowest BCUT2D eigenvalue weighted by Crippen LogP contribution is -2.04. The topological polar surface area (TPSA) is 51.8 Å². The molecule has 244 valence electrons. The molecule has 0 amide bonds. The standard InChI is InChI=1S/C48H31N3O/c1-3-13-32(14-4-1)38-25-26-41(40-20-10-9-19-39(38)40)48-50-45(49-47(51-48)33-15-5-2-6-16-33)30-37-18-11-21-44-46(37)42-29-36(24-27-43(42)52-44)35-23-22-31-12-7-8-17-34(31)28-35/h1-29H,30H2. The van der Waals surface area contributed by atoms with Gasteiger partial charge in [0.25, 0.3) is 0 Å². The molecule has 0 bridgehead atoms. The van der Waals surface area contributed by atoms with Gasteiger partial charge in [-0.05, 0) is 79.7 Å².